The van der Waals surface area contributed by atoms with E-state index >= 15 is 0 Å². The standard InChI is InChI=1S/C15H19FO2/c1-3-18-15(8-4-5-9-15)14(17)12-6-7-13(16)11(2)10-12/h6-7,10H,3-5,8-9H2,1-2H3. The van der Waals surface area contributed by atoms with Crippen molar-refractivity contribution >= 4 is 5.78 Å². The lowest BCUT2D eigenvalue weighted by molar-refractivity contribution is -0.0163. The fourth-order valence-corrected chi connectivity index (χ4v) is 2.71. The van der Waals surface area contributed by atoms with Gasteiger partial charge in [0.15, 0.2) is 5.78 Å². The average molecular weight is 250 g/mol. The van der Waals surface area contributed by atoms with Gasteiger partial charge in [-0.2, -0.15) is 0 Å². The lowest BCUT2D eigenvalue weighted by Gasteiger charge is -2.27. The minimum absolute atomic E-state index is 0.00458. The summed E-state index contributed by atoms with van der Waals surface area (Å²) in [6, 6.07) is 4.54. The Labute approximate surface area is 107 Å². The van der Waals surface area contributed by atoms with Gasteiger partial charge in [-0.05, 0) is 63.3 Å². The summed E-state index contributed by atoms with van der Waals surface area (Å²) in [7, 11) is 0. The van der Waals surface area contributed by atoms with E-state index in [2.05, 4.69) is 0 Å². The molecule has 0 atom stereocenters. The molecule has 1 saturated carbocycles. The van der Waals surface area contributed by atoms with E-state index in [-0.39, 0.29) is 11.6 Å². The largest absolute Gasteiger partial charge is 0.367 e. The zero-order valence-corrected chi connectivity index (χ0v) is 11.0. The van der Waals surface area contributed by atoms with Gasteiger partial charge in [-0.25, -0.2) is 4.39 Å². The molecule has 98 valence electrons. The number of ketones is 1. The van der Waals surface area contributed by atoms with Crippen LogP contribution in [-0.2, 0) is 4.74 Å². The second-order valence-corrected chi connectivity index (χ2v) is 4.93. The molecule has 0 heterocycles. The molecule has 0 aromatic heterocycles. The van der Waals surface area contributed by atoms with Gasteiger partial charge >= 0.3 is 0 Å². The van der Waals surface area contributed by atoms with Gasteiger partial charge in [-0.15, -0.1) is 0 Å². The summed E-state index contributed by atoms with van der Waals surface area (Å²) in [6.07, 6.45) is 3.59. The highest BCUT2D eigenvalue weighted by Crippen LogP contribution is 2.36. The Kier molecular flexibility index (Phi) is 3.81. The number of Topliss-reactive ketones (excluding diaryl/α,β-unsaturated/α-hetero) is 1. The molecule has 0 saturated heterocycles. The third-order valence-corrected chi connectivity index (χ3v) is 3.67. The number of benzene rings is 1. The first-order valence-electron chi connectivity index (χ1n) is 6.54. The summed E-state index contributed by atoms with van der Waals surface area (Å²) in [6.45, 7) is 4.11. The van der Waals surface area contributed by atoms with Crippen molar-refractivity contribution < 1.29 is 13.9 Å². The van der Waals surface area contributed by atoms with Gasteiger partial charge in [-0.1, -0.05) is 0 Å². The van der Waals surface area contributed by atoms with Gasteiger partial charge in [0, 0.05) is 12.2 Å². The van der Waals surface area contributed by atoms with E-state index in [1.165, 1.54) is 6.07 Å². The van der Waals surface area contributed by atoms with Crippen molar-refractivity contribution in [2.75, 3.05) is 6.61 Å². The van der Waals surface area contributed by atoms with Gasteiger partial charge in [-0.3, -0.25) is 4.79 Å². The first-order chi connectivity index (χ1) is 8.59. The second-order valence-electron chi connectivity index (χ2n) is 4.93. The predicted molar refractivity (Wildman–Crippen MR) is 68.3 cm³/mol. The Balaban J connectivity index is 2.30. The molecule has 0 radical (unpaired) electrons. The third kappa shape index (κ3) is 2.32. The topological polar surface area (TPSA) is 26.3 Å². The highest BCUT2D eigenvalue weighted by Gasteiger charge is 2.42. The van der Waals surface area contributed by atoms with Crippen LogP contribution in [0.4, 0.5) is 4.39 Å². The van der Waals surface area contributed by atoms with Crippen molar-refractivity contribution in [3.63, 3.8) is 0 Å². The van der Waals surface area contributed by atoms with E-state index < -0.39 is 5.60 Å². The molecule has 0 N–H and O–H groups in total. The van der Waals surface area contributed by atoms with Crippen molar-refractivity contribution in [1.29, 1.82) is 0 Å². The Morgan fingerprint density at radius 3 is 2.61 bits per heavy atom. The number of rotatable bonds is 4. The molecule has 0 bridgehead atoms. The highest BCUT2D eigenvalue weighted by atomic mass is 19.1. The molecule has 1 fully saturated rings. The fraction of sp³-hybridized carbons (Fsp3) is 0.533. The molecule has 18 heavy (non-hydrogen) atoms. The van der Waals surface area contributed by atoms with Crippen LogP contribution in [0.5, 0.6) is 0 Å². The van der Waals surface area contributed by atoms with Crippen molar-refractivity contribution in [1.82, 2.24) is 0 Å². The van der Waals surface area contributed by atoms with Crippen molar-refractivity contribution in [2.45, 2.75) is 45.1 Å². The Morgan fingerprint density at radius 2 is 2.06 bits per heavy atom. The van der Waals surface area contributed by atoms with Gasteiger partial charge < -0.3 is 4.74 Å². The minimum atomic E-state index is -0.668. The molecule has 0 unspecified atom stereocenters. The van der Waals surface area contributed by atoms with Crippen LogP contribution in [0.3, 0.4) is 0 Å². The third-order valence-electron chi connectivity index (χ3n) is 3.67. The van der Waals surface area contributed by atoms with Gasteiger partial charge in [0.2, 0.25) is 0 Å². The van der Waals surface area contributed by atoms with E-state index in [1.807, 2.05) is 6.92 Å². The van der Waals surface area contributed by atoms with Crippen molar-refractivity contribution in [3.05, 3.63) is 35.1 Å². The maximum Gasteiger partial charge on any atom is 0.194 e. The van der Waals surface area contributed by atoms with E-state index in [0.717, 1.165) is 25.7 Å². The number of hydrogen-bond donors (Lipinski definition) is 0. The summed E-state index contributed by atoms with van der Waals surface area (Å²) in [4.78, 5) is 12.6. The number of halogens is 1. The second kappa shape index (κ2) is 5.19. The number of ether oxygens (including phenoxy) is 1. The number of hydrogen-bond acceptors (Lipinski definition) is 2. The SMILES string of the molecule is CCOC1(C(=O)c2ccc(F)c(C)c2)CCCC1. The minimum Gasteiger partial charge on any atom is -0.367 e. The number of carbonyl (C=O) groups is 1. The summed E-state index contributed by atoms with van der Waals surface area (Å²) in [5.74, 6) is -0.270. The zero-order valence-electron chi connectivity index (χ0n) is 11.0. The smallest absolute Gasteiger partial charge is 0.194 e. The maximum absolute atomic E-state index is 13.2. The van der Waals surface area contributed by atoms with Gasteiger partial charge in [0.05, 0.1) is 0 Å². The summed E-state index contributed by atoms with van der Waals surface area (Å²) in [5, 5.41) is 0. The van der Waals surface area contributed by atoms with E-state index in [4.69, 9.17) is 4.74 Å². The first kappa shape index (κ1) is 13.2. The Morgan fingerprint density at radius 1 is 1.39 bits per heavy atom. The average Bonchev–Trinajstić information content (AvgIpc) is 2.82. The summed E-state index contributed by atoms with van der Waals surface area (Å²) >= 11 is 0. The Hall–Kier alpha value is -1.22. The van der Waals surface area contributed by atoms with Crippen LogP contribution in [0.1, 0.15) is 48.5 Å². The first-order valence-corrected chi connectivity index (χ1v) is 6.54. The summed E-state index contributed by atoms with van der Waals surface area (Å²) < 4.78 is 19.0. The molecule has 0 spiro atoms. The lowest BCUT2D eigenvalue weighted by atomic mass is 9.90. The predicted octanol–water partition coefficient (Wildman–Crippen LogP) is 3.67. The van der Waals surface area contributed by atoms with Gasteiger partial charge in [0.1, 0.15) is 11.4 Å². The quantitative estimate of drug-likeness (QED) is 0.762. The molecule has 1 aromatic carbocycles. The van der Waals surface area contributed by atoms with Crippen LogP contribution in [0.25, 0.3) is 0 Å². The molecule has 3 heteroatoms. The van der Waals surface area contributed by atoms with E-state index in [1.54, 1.807) is 19.1 Å². The lowest BCUT2D eigenvalue weighted by Crippen LogP contribution is -2.39. The molecule has 1 aliphatic carbocycles. The van der Waals surface area contributed by atoms with E-state index in [9.17, 15) is 9.18 Å². The molecular weight excluding hydrogens is 231 g/mol. The molecule has 2 nitrogen and oxygen atoms in total. The van der Waals surface area contributed by atoms with Crippen LogP contribution in [0.2, 0.25) is 0 Å². The Bertz CT molecular complexity index is 448. The summed E-state index contributed by atoms with van der Waals surface area (Å²) in [5.41, 5.74) is 0.397. The van der Waals surface area contributed by atoms with E-state index in [0.29, 0.717) is 17.7 Å². The zero-order chi connectivity index (χ0) is 13.2. The van der Waals surface area contributed by atoms with Gasteiger partial charge in [0.25, 0.3) is 0 Å². The van der Waals surface area contributed by atoms with Crippen LogP contribution in [0.15, 0.2) is 18.2 Å². The van der Waals surface area contributed by atoms with Crippen molar-refractivity contribution in [2.24, 2.45) is 0 Å². The molecule has 2 rings (SSSR count). The fourth-order valence-electron chi connectivity index (χ4n) is 2.71. The number of aryl methyl sites for hydroxylation is 1. The monoisotopic (exact) mass is 250 g/mol. The normalized spacial score (nSPS) is 17.9. The maximum atomic E-state index is 13.2. The molecule has 1 aromatic rings. The van der Waals surface area contributed by atoms with Crippen LogP contribution >= 0.6 is 0 Å². The number of carbonyl (C=O) groups excluding carboxylic acids is 1. The molecular formula is C15H19FO2. The molecule has 0 aliphatic heterocycles. The van der Waals surface area contributed by atoms with Crippen LogP contribution in [0, 0.1) is 12.7 Å². The highest BCUT2D eigenvalue weighted by molar-refractivity contribution is 6.02. The van der Waals surface area contributed by atoms with Crippen molar-refractivity contribution in [3.8, 4) is 0 Å². The van der Waals surface area contributed by atoms with Crippen LogP contribution in [-0.4, -0.2) is 18.0 Å². The molecule has 1 aliphatic rings. The van der Waals surface area contributed by atoms with Crippen LogP contribution < -0.4 is 0 Å². The molecule has 0 amide bonds.